The summed E-state index contributed by atoms with van der Waals surface area (Å²) < 4.78 is 72.8. The maximum absolute atomic E-state index is 15.2. The van der Waals surface area contributed by atoms with E-state index >= 15 is 4.39 Å². The molecule has 3 fully saturated rings. The first-order valence-corrected chi connectivity index (χ1v) is 19.2. The van der Waals surface area contributed by atoms with Crippen LogP contribution in [0.15, 0.2) is 23.8 Å². The zero-order valence-electron chi connectivity index (χ0n) is 23.7. The number of aromatic nitrogens is 8. The molecule has 2 unspecified atom stereocenters. The lowest BCUT2D eigenvalue weighted by molar-refractivity contribution is -0.182. The Morgan fingerprint density at radius 3 is 2.74 bits per heavy atom. The Labute approximate surface area is 267 Å². The number of halogens is 1. The van der Waals surface area contributed by atoms with Crippen LogP contribution in [-0.4, -0.2) is 99.6 Å². The van der Waals surface area contributed by atoms with Crippen molar-refractivity contribution in [2.24, 2.45) is 0 Å². The zero-order valence-corrected chi connectivity index (χ0v) is 27.2. The molecule has 4 aromatic rings. The van der Waals surface area contributed by atoms with Gasteiger partial charge in [0.1, 0.15) is 35.8 Å². The van der Waals surface area contributed by atoms with E-state index in [4.69, 9.17) is 34.5 Å². The number of hydrogen-bond acceptors (Lipinski definition) is 16. The molecule has 19 nitrogen and oxygen atoms in total. The Morgan fingerprint density at radius 2 is 1.96 bits per heavy atom. The number of nitrogens with one attached hydrogen (secondary N) is 1. The Bertz CT molecular complexity index is 1980. The van der Waals surface area contributed by atoms with E-state index in [1.807, 2.05) is 0 Å². The Balaban J connectivity index is 1.08. The Kier molecular flexibility index (Phi) is 7.98. The molecule has 0 spiro atoms. The number of hydrogen-bond donors (Lipinski definition) is 5. The second-order valence-electron chi connectivity index (χ2n) is 11.0. The summed E-state index contributed by atoms with van der Waals surface area (Å²) in [5, 5.41) is -1.31. The number of thiol groups is 1. The zero-order chi connectivity index (χ0) is 32.6. The van der Waals surface area contributed by atoms with Crippen molar-refractivity contribution in [2.45, 2.75) is 47.3 Å². The molecule has 3 saturated heterocycles. The molecule has 4 aromatic heterocycles. The minimum Gasteiger partial charge on any atom is -0.382 e. The third-order valence-electron chi connectivity index (χ3n) is 7.75. The fraction of sp³-hybridized carbons (Fsp3) is 0.545. The van der Waals surface area contributed by atoms with Crippen LogP contribution in [0.2, 0.25) is 0 Å². The summed E-state index contributed by atoms with van der Waals surface area (Å²) in [6.45, 7) is -4.23. The molecule has 46 heavy (non-hydrogen) atoms. The molecule has 6 N–H and O–H groups in total. The first-order chi connectivity index (χ1) is 21.7. The molecule has 7 rings (SSSR count). The van der Waals surface area contributed by atoms with Crippen molar-refractivity contribution < 1.29 is 41.5 Å². The van der Waals surface area contributed by atoms with E-state index in [0.717, 1.165) is 6.66 Å². The lowest BCUT2D eigenvalue weighted by Gasteiger charge is -2.32. The van der Waals surface area contributed by atoms with Crippen LogP contribution in [-0.2, 0) is 32.2 Å². The van der Waals surface area contributed by atoms with Crippen LogP contribution in [0.5, 0.6) is 0 Å². The maximum atomic E-state index is 15.2. The third kappa shape index (κ3) is 5.73. The first-order valence-electron chi connectivity index (χ1n) is 13.6. The highest BCUT2D eigenvalue weighted by Gasteiger charge is 2.65. The first kappa shape index (κ1) is 31.9. The number of thioether (sulfide) groups is 1. The van der Waals surface area contributed by atoms with Crippen molar-refractivity contribution in [1.29, 1.82) is 0 Å². The van der Waals surface area contributed by atoms with Crippen LogP contribution in [0.1, 0.15) is 18.0 Å². The molecular formula is C22H27FN10O9P2S2. The molecule has 9 atom stereocenters. The van der Waals surface area contributed by atoms with Gasteiger partial charge in [0.2, 0.25) is 5.95 Å². The molecule has 7 heterocycles. The summed E-state index contributed by atoms with van der Waals surface area (Å²) in [6, 6.07) is 0. The average Bonchev–Trinajstić information content (AvgIpc) is 3.79. The van der Waals surface area contributed by atoms with Gasteiger partial charge in [-0.1, -0.05) is 12.2 Å². The number of imidazole rings is 2. The summed E-state index contributed by atoms with van der Waals surface area (Å²) >= 11 is 5.32. The molecule has 0 amide bonds. The fourth-order valence-corrected chi connectivity index (χ4v) is 9.15. The third-order valence-corrected chi connectivity index (χ3v) is 11.5. The number of rotatable bonds is 10. The summed E-state index contributed by atoms with van der Waals surface area (Å²) in [4.78, 5) is 44.9. The monoisotopic (exact) mass is 720 g/mol. The van der Waals surface area contributed by atoms with E-state index in [1.165, 1.54) is 35.3 Å². The number of nitrogen functional groups attached to an aromatic ring is 2. The van der Waals surface area contributed by atoms with Gasteiger partial charge in [0.15, 0.2) is 28.9 Å². The van der Waals surface area contributed by atoms with Gasteiger partial charge in [-0.05, 0) is 0 Å². The number of nitrogens with two attached hydrogens (primary N) is 2. The van der Waals surface area contributed by atoms with E-state index in [9.17, 15) is 18.8 Å². The van der Waals surface area contributed by atoms with Crippen LogP contribution in [0.25, 0.3) is 22.3 Å². The molecule has 3 aliphatic heterocycles. The molecule has 0 saturated carbocycles. The molecular weight excluding hydrogens is 693 g/mol. The van der Waals surface area contributed by atoms with E-state index in [2.05, 4.69) is 42.2 Å². The van der Waals surface area contributed by atoms with Gasteiger partial charge in [-0.2, -0.15) is 4.98 Å². The molecule has 24 heteroatoms. The van der Waals surface area contributed by atoms with Crippen molar-refractivity contribution in [3.8, 4) is 0 Å². The lowest BCUT2D eigenvalue weighted by Crippen LogP contribution is -2.45. The van der Waals surface area contributed by atoms with Crippen molar-refractivity contribution in [3.05, 3.63) is 29.3 Å². The van der Waals surface area contributed by atoms with Gasteiger partial charge in [-0.25, -0.2) is 28.9 Å². The molecule has 0 aromatic carbocycles. The van der Waals surface area contributed by atoms with Crippen molar-refractivity contribution in [3.63, 3.8) is 0 Å². The normalized spacial score (nSPS) is 31.9. The van der Waals surface area contributed by atoms with Crippen LogP contribution in [0.3, 0.4) is 0 Å². The topological polar surface area (TPSA) is 260 Å². The summed E-state index contributed by atoms with van der Waals surface area (Å²) in [6.07, 6.45) is -0.439. The smallest absolute Gasteiger partial charge is 0.382 e. The highest BCUT2D eigenvalue weighted by molar-refractivity contribution is 8.44. The number of alkyl halides is 1. The second kappa shape index (κ2) is 11.5. The van der Waals surface area contributed by atoms with E-state index in [0.29, 0.717) is 11.2 Å². The summed E-state index contributed by atoms with van der Waals surface area (Å²) in [5.74, 6) is 0.0262. The minimum absolute atomic E-state index is 0.0238. The quantitative estimate of drug-likeness (QED) is 0.115. The summed E-state index contributed by atoms with van der Waals surface area (Å²) in [7, 11) is -3.99. The predicted octanol–water partition coefficient (Wildman–Crippen LogP) is 1.40. The molecule has 0 aliphatic carbocycles. The van der Waals surface area contributed by atoms with Crippen LogP contribution in [0.4, 0.5) is 16.2 Å². The number of H-pyrrole nitrogens is 1. The van der Waals surface area contributed by atoms with Gasteiger partial charge in [0.05, 0.1) is 43.1 Å². The highest BCUT2D eigenvalue weighted by Crippen LogP contribution is 2.61. The van der Waals surface area contributed by atoms with Crippen LogP contribution in [0, 0.1) is 0 Å². The van der Waals surface area contributed by atoms with Crippen molar-refractivity contribution >= 4 is 72.5 Å². The molecule has 3 aliphatic rings. The number of anilines is 2. The molecule has 2 bridgehead atoms. The number of aromatic amines is 1. The van der Waals surface area contributed by atoms with Gasteiger partial charge in [-0.3, -0.25) is 28.0 Å². The summed E-state index contributed by atoms with van der Waals surface area (Å²) in [5.41, 5.74) is 10.4. The van der Waals surface area contributed by atoms with E-state index < -0.39 is 67.4 Å². The van der Waals surface area contributed by atoms with Gasteiger partial charge < -0.3 is 34.9 Å². The van der Waals surface area contributed by atoms with Crippen molar-refractivity contribution in [1.82, 2.24) is 39.0 Å². The predicted molar refractivity (Wildman–Crippen MR) is 164 cm³/mol. The number of nitrogens with zero attached hydrogens (tertiary/aromatic N) is 7. The highest BCUT2D eigenvalue weighted by atomic mass is 32.7. The van der Waals surface area contributed by atoms with Crippen LogP contribution < -0.4 is 17.0 Å². The number of fused-ring (bicyclic) bond motifs is 4. The standard InChI is InChI=1S/C22H27FN10O9P2S2/c1-43(35,36)40-5-22-4-38-14(20(41-22)33-8-28-12-16(24)26-6-27-17(12)33)15(22)42-44(37,45)39-3-10-9(23)2-11(46-10)32-7-29-13-18(32)30-21(25)31-19(13)34/h6-11,14-15,20H,2-5H2,1H3,(H,35,36)(H,37,45)(H2,24,26,27)(H3,25,30,31,34)/t9-,10-,11-,14-,15+,20-,22-,44?/m1/s1. The lowest BCUT2D eigenvalue weighted by atomic mass is 10.0. The van der Waals surface area contributed by atoms with E-state index in [-0.39, 0.29) is 42.6 Å². The van der Waals surface area contributed by atoms with E-state index in [1.54, 1.807) is 4.57 Å². The molecule has 0 radical (unpaired) electrons. The minimum atomic E-state index is -4.25. The molecule has 248 valence electrons. The Hall–Kier alpha value is -2.65. The van der Waals surface area contributed by atoms with Gasteiger partial charge in [0, 0.05) is 13.1 Å². The second-order valence-corrected chi connectivity index (χ2v) is 17.1. The van der Waals surface area contributed by atoms with Gasteiger partial charge in [0.25, 0.3) is 5.56 Å². The number of ether oxygens (including phenoxy) is 2. The SMILES string of the molecule is CP(=O)(O)OC[C@@]12CO[C@@H]([C@H](n3cnc4c(N)ncnc43)O1)[C@@H]2OP(=O)(S)OC[C@H]1S[C@@H](n2cnc3c(=O)[nH]c(N)nc32)C[C@H]1F. The largest absolute Gasteiger partial charge is 0.386 e. The maximum Gasteiger partial charge on any atom is 0.386 e. The average molecular weight is 721 g/mol. The van der Waals surface area contributed by atoms with Crippen LogP contribution >= 0.6 is 38.4 Å². The van der Waals surface area contributed by atoms with Gasteiger partial charge in [-0.15, -0.1) is 11.8 Å². The van der Waals surface area contributed by atoms with Gasteiger partial charge >= 0.3 is 14.4 Å². The van der Waals surface area contributed by atoms with Crippen molar-refractivity contribution in [2.75, 3.05) is 38.0 Å². The fourth-order valence-electron chi connectivity index (χ4n) is 5.67. The Morgan fingerprint density at radius 1 is 1.20 bits per heavy atom.